The molecule has 0 aromatic rings. The summed E-state index contributed by atoms with van der Waals surface area (Å²) in [6, 6.07) is 0. The van der Waals surface area contributed by atoms with Crippen molar-refractivity contribution in [2.24, 2.45) is 0 Å². The number of ether oxygens (including phenoxy) is 2. The normalized spacial score (nSPS) is 37.4. The summed E-state index contributed by atoms with van der Waals surface area (Å²) in [4.78, 5) is 11.5. The van der Waals surface area contributed by atoms with Crippen molar-refractivity contribution in [3.63, 3.8) is 0 Å². The highest BCUT2D eigenvalue weighted by Crippen LogP contribution is 2.30. The molecule has 3 heteroatoms. The quantitative estimate of drug-likeness (QED) is 0.589. The first kappa shape index (κ1) is 9.62. The molecule has 0 aliphatic carbocycles. The van der Waals surface area contributed by atoms with Gasteiger partial charge in [0.2, 0.25) is 0 Å². The Bertz CT molecular complexity index is 282. The van der Waals surface area contributed by atoms with Crippen molar-refractivity contribution in [1.29, 1.82) is 0 Å². The topological polar surface area (TPSA) is 35.5 Å². The summed E-state index contributed by atoms with van der Waals surface area (Å²) in [6.07, 6.45) is 6.24. The molecule has 76 valence electrons. The van der Waals surface area contributed by atoms with Gasteiger partial charge in [0.1, 0.15) is 11.4 Å². The molecule has 0 bridgehead atoms. The maximum Gasteiger partial charge on any atom is 0.139 e. The molecule has 0 amide bonds. The Balaban J connectivity index is 2.17. The predicted molar refractivity (Wildman–Crippen MR) is 52.0 cm³/mol. The molecule has 2 heterocycles. The van der Waals surface area contributed by atoms with E-state index in [2.05, 4.69) is 6.58 Å². The predicted octanol–water partition coefficient (Wildman–Crippen LogP) is 1.25. The van der Waals surface area contributed by atoms with E-state index >= 15 is 0 Å². The number of hydrogen-bond acceptors (Lipinski definition) is 3. The average Bonchev–Trinajstić information content (AvgIpc) is 2.17. The van der Waals surface area contributed by atoms with Gasteiger partial charge in [0, 0.05) is 12.8 Å². The van der Waals surface area contributed by atoms with Crippen LogP contribution in [0.15, 0.2) is 24.8 Å². The lowest BCUT2D eigenvalue weighted by molar-refractivity contribution is -0.151. The fourth-order valence-electron chi connectivity index (χ4n) is 1.94. The van der Waals surface area contributed by atoms with Crippen molar-refractivity contribution in [2.75, 3.05) is 13.2 Å². The summed E-state index contributed by atoms with van der Waals surface area (Å²) in [6.45, 7) is 4.74. The second kappa shape index (κ2) is 3.67. The Morgan fingerprint density at radius 3 is 3.14 bits per heavy atom. The fourth-order valence-corrected chi connectivity index (χ4v) is 1.94. The van der Waals surface area contributed by atoms with Crippen LogP contribution in [0.3, 0.4) is 0 Å². The zero-order valence-electron chi connectivity index (χ0n) is 8.07. The molecule has 1 saturated heterocycles. The number of rotatable bonds is 1. The number of carbonyl (C=O) groups is 1. The monoisotopic (exact) mass is 194 g/mol. The van der Waals surface area contributed by atoms with Crippen LogP contribution in [0.2, 0.25) is 0 Å². The first-order chi connectivity index (χ1) is 6.74. The molecule has 0 N–H and O–H groups in total. The van der Waals surface area contributed by atoms with E-state index < -0.39 is 5.60 Å². The molecule has 0 radical (unpaired) electrons. The number of carbonyl (C=O) groups excluding carboxylic acids is 1. The fraction of sp³-hybridized carbons (Fsp3) is 0.545. The van der Waals surface area contributed by atoms with Gasteiger partial charge in [-0.25, -0.2) is 0 Å². The number of ketones is 1. The van der Waals surface area contributed by atoms with Crippen LogP contribution in [0.5, 0.6) is 0 Å². The van der Waals surface area contributed by atoms with Gasteiger partial charge >= 0.3 is 0 Å². The third-order valence-corrected chi connectivity index (χ3v) is 2.56. The van der Waals surface area contributed by atoms with Gasteiger partial charge in [0.15, 0.2) is 0 Å². The lowest BCUT2D eigenvalue weighted by Gasteiger charge is -2.38. The van der Waals surface area contributed by atoms with Gasteiger partial charge < -0.3 is 9.47 Å². The van der Waals surface area contributed by atoms with Gasteiger partial charge in [-0.1, -0.05) is 18.2 Å². The minimum absolute atomic E-state index is 0.164. The molecule has 2 rings (SSSR count). The second-order valence-corrected chi connectivity index (χ2v) is 3.79. The second-order valence-electron chi connectivity index (χ2n) is 3.79. The van der Waals surface area contributed by atoms with Crippen molar-refractivity contribution in [2.45, 2.75) is 24.5 Å². The summed E-state index contributed by atoms with van der Waals surface area (Å²) in [7, 11) is 0. The largest absolute Gasteiger partial charge is 0.374 e. The third kappa shape index (κ3) is 1.79. The molecular formula is C11H14O3. The van der Waals surface area contributed by atoms with E-state index in [4.69, 9.17) is 9.47 Å². The van der Waals surface area contributed by atoms with E-state index in [0.29, 0.717) is 26.1 Å². The summed E-state index contributed by atoms with van der Waals surface area (Å²) < 4.78 is 11.1. The molecule has 2 aliphatic heterocycles. The molecule has 1 fully saturated rings. The van der Waals surface area contributed by atoms with Crippen LogP contribution in [0.1, 0.15) is 12.8 Å². The van der Waals surface area contributed by atoms with Gasteiger partial charge in [-0.15, -0.1) is 6.58 Å². The van der Waals surface area contributed by atoms with E-state index in [-0.39, 0.29) is 11.9 Å². The van der Waals surface area contributed by atoms with Crippen molar-refractivity contribution < 1.29 is 14.3 Å². The van der Waals surface area contributed by atoms with E-state index in [9.17, 15) is 4.79 Å². The summed E-state index contributed by atoms with van der Waals surface area (Å²) >= 11 is 0. The van der Waals surface area contributed by atoms with Crippen LogP contribution >= 0.6 is 0 Å². The molecule has 14 heavy (non-hydrogen) atoms. The van der Waals surface area contributed by atoms with Gasteiger partial charge in [0.25, 0.3) is 0 Å². The Morgan fingerprint density at radius 1 is 1.64 bits per heavy atom. The van der Waals surface area contributed by atoms with Gasteiger partial charge in [-0.2, -0.15) is 0 Å². The van der Waals surface area contributed by atoms with E-state index in [0.717, 1.165) is 0 Å². The van der Waals surface area contributed by atoms with Crippen molar-refractivity contribution in [3.05, 3.63) is 24.8 Å². The molecule has 3 nitrogen and oxygen atoms in total. The highest BCUT2D eigenvalue weighted by Gasteiger charge is 2.39. The molecule has 0 unspecified atom stereocenters. The van der Waals surface area contributed by atoms with E-state index in [1.807, 2.05) is 12.2 Å². The smallest absolute Gasteiger partial charge is 0.139 e. The maximum absolute atomic E-state index is 11.5. The van der Waals surface area contributed by atoms with Crippen LogP contribution in [0.4, 0.5) is 0 Å². The maximum atomic E-state index is 11.5. The van der Waals surface area contributed by atoms with Crippen LogP contribution in [0, 0.1) is 0 Å². The Labute approximate surface area is 83.4 Å². The SMILES string of the molecule is C=C[C@H]1CC(=O)C[C@@]2(C=CCOC2)O1. The van der Waals surface area contributed by atoms with Gasteiger partial charge in [-0.05, 0) is 0 Å². The van der Waals surface area contributed by atoms with Crippen LogP contribution < -0.4 is 0 Å². The summed E-state index contributed by atoms with van der Waals surface area (Å²) in [5, 5.41) is 0. The number of Topliss-reactive ketones (excluding diaryl/α,β-unsaturated/α-hetero) is 1. The Morgan fingerprint density at radius 2 is 2.50 bits per heavy atom. The highest BCUT2D eigenvalue weighted by molar-refractivity contribution is 5.81. The average molecular weight is 194 g/mol. The first-order valence-corrected chi connectivity index (χ1v) is 4.82. The van der Waals surface area contributed by atoms with Crippen molar-refractivity contribution in [1.82, 2.24) is 0 Å². The number of hydrogen-bond donors (Lipinski definition) is 0. The zero-order chi connectivity index (χ0) is 10.0. The van der Waals surface area contributed by atoms with E-state index in [1.165, 1.54) is 0 Å². The summed E-state index contributed by atoms with van der Waals surface area (Å²) in [5.74, 6) is 0.219. The van der Waals surface area contributed by atoms with Gasteiger partial charge in [0.05, 0.1) is 19.3 Å². The highest BCUT2D eigenvalue weighted by atomic mass is 16.6. The standard InChI is InChI=1S/C11H14O3/c1-2-10-6-9(12)7-11(14-10)4-3-5-13-8-11/h2-4,10H,1,5-8H2/t10-,11+/m0/s1. The molecular weight excluding hydrogens is 180 g/mol. The molecule has 0 saturated carbocycles. The minimum Gasteiger partial charge on any atom is -0.374 e. The van der Waals surface area contributed by atoms with Gasteiger partial charge in [-0.3, -0.25) is 4.79 Å². The molecule has 0 aromatic heterocycles. The van der Waals surface area contributed by atoms with E-state index in [1.54, 1.807) is 6.08 Å². The molecule has 0 aromatic carbocycles. The molecule has 2 atom stereocenters. The molecule has 2 aliphatic rings. The molecule has 1 spiro atoms. The lowest BCUT2D eigenvalue weighted by atomic mass is 9.90. The third-order valence-electron chi connectivity index (χ3n) is 2.56. The van der Waals surface area contributed by atoms with Crippen LogP contribution in [-0.2, 0) is 14.3 Å². The van der Waals surface area contributed by atoms with Crippen LogP contribution in [0.25, 0.3) is 0 Å². The Kier molecular flexibility index (Phi) is 2.52. The zero-order valence-corrected chi connectivity index (χ0v) is 8.07. The summed E-state index contributed by atoms with van der Waals surface area (Å²) in [5.41, 5.74) is -0.521. The van der Waals surface area contributed by atoms with Crippen molar-refractivity contribution >= 4 is 5.78 Å². The van der Waals surface area contributed by atoms with Crippen molar-refractivity contribution in [3.8, 4) is 0 Å². The lowest BCUT2D eigenvalue weighted by Crippen LogP contribution is -2.47. The van der Waals surface area contributed by atoms with Crippen LogP contribution in [-0.4, -0.2) is 30.7 Å². The first-order valence-electron chi connectivity index (χ1n) is 4.82. The minimum atomic E-state index is -0.521. The Hall–Kier alpha value is -0.930.